The van der Waals surface area contributed by atoms with Crippen LogP contribution in [0.5, 0.6) is 5.75 Å². The molecule has 0 unspecified atom stereocenters. The maximum absolute atomic E-state index is 12.2. The minimum atomic E-state index is -0.590. The summed E-state index contributed by atoms with van der Waals surface area (Å²) in [6.45, 7) is 5.70. The summed E-state index contributed by atoms with van der Waals surface area (Å²) in [5.41, 5.74) is 9.30. The fraction of sp³-hybridized carbons (Fsp3) is 0.278. The van der Waals surface area contributed by atoms with Crippen molar-refractivity contribution < 1.29 is 9.53 Å². The van der Waals surface area contributed by atoms with Crippen LogP contribution >= 0.6 is 0 Å². The Bertz CT molecular complexity index is 651. The molecule has 0 aliphatic carbocycles. The van der Waals surface area contributed by atoms with E-state index in [-0.39, 0.29) is 5.91 Å². The van der Waals surface area contributed by atoms with Crippen LogP contribution in [0.1, 0.15) is 25.0 Å². The Kier molecular flexibility index (Phi) is 5.04. The summed E-state index contributed by atoms with van der Waals surface area (Å²) in [5.74, 6) is 0.484. The number of aryl methyl sites for hydroxylation is 1. The second-order valence-corrected chi connectivity index (χ2v) is 5.27. The summed E-state index contributed by atoms with van der Waals surface area (Å²) in [6.07, 6.45) is 0.388. The zero-order valence-corrected chi connectivity index (χ0v) is 13.2. The van der Waals surface area contributed by atoms with Gasteiger partial charge in [-0.15, -0.1) is 0 Å². The molecule has 0 radical (unpaired) electrons. The van der Waals surface area contributed by atoms with E-state index in [1.165, 1.54) is 5.56 Å². The molecule has 0 saturated carbocycles. The third kappa shape index (κ3) is 3.79. The van der Waals surface area contributed by atoms with Crippen LogP contribution < -0.4 is 15.8 Å². The topological polar surface area (TPSA) is 64.3 Å². The lowest BCUT2D eigenvalue weighted by Crippen LogP contribution is -2.30. The van der Waals surface area contributed by atoms with E-state index in [0.29, 0.717) is 17.1 Å². The van der Waals surface area contributed by atoms with E-state index in [9.17, 15) is 4.79 Å². The molecule has 0 saturated heterocycles. The highest BCUT2D eigenvalue weighted by Crippen LogP contribution is 2.21. The fourth-order valence-corrected chi connectivity index (χ4v) is 2.08. The summed E-state index contributed by atoms with van der Waals surface area (Å²) in [4.78, 5) is 12.2. The highest BCUT2D eigenvalue weighted by molar-refractivity contribution is 5.95. The van der Waals surface area contributed by atoms with Crippen molar-refractivity contribution in [2.75, 3.05) is 11.1 Å². The largest absolute Gasteiger partial charge is 0.481 e. The Balaban J connectivity index is 2.01. The molecule has 4 nitrogen and oxygen atoms in total. The van der Waals surface area contributed by atoms with E-state index in [0.717, 1.165) is 12.0 Å². The molecule has 2 aromatic rings. The summed E-state index contributed by atoms with van der Waals surface area (Å²) in [7, 11) is 0. The predicted molar refractivity (Wildman–Crippen MR) is 90.1 cm³/mol. The van der Waals surface area contributed by atoms with Crippen LogP contribution in [-0.2, 0) is 11.2 Å². The van der Waals surface area contributed by atoms with E-state index in [1.807, 2.05) is 43.3 Å². The van der Waals surface area contributed by atoms with Gasteiger partial charge >= 0.3 is 0 Å². The smallest absolute Gasteiger partial charge is 0.265 e. The monoisotopic (exact) mass is 298 g/mol. The Morgan fingerprint density at radius 3 is 2.55 bits per heavy atom. The molecule has 1 atom stereocenters. The Labute approximate surface area is 131 Å². The lowest BCUT2D eigenvalue weighted by molar-refractivity contribution is -0.122. The fourth-order valence-electron chi connectivity index (χ4n) is 2.08. The maximum Gasteiger partial charge on any atom is 0.265 e. The molecule has 1 amide bonds. The first kappa shape index (κ1) is 15.9. The number of anilines is 2. The lowest BCUT2D eigenvalue weighted by Gasteiger charge is -2.16. The SMILES string of the molecule is CCc1ccc(O[C@@H](C)C(=O)Nc2cccc(N)c2C)cc1. The third-order valence-electron chi connectivity index (χ3n) is 3.65. The normalized spacial score (nSPS) is 11.8. The molecule has 22 heavy (non-hydrogen) atoms. The van der Waals surface area contributed by atoms with Crippen molar-refractivity contribution in [3.05, 3.63) is 53.6 Å². The van der Waals surface area contributed by atoms with Gasteiger partial charge in [0.15, 0.2) is 6.10 Å². The predicted octanol–water partition coefficient (Wildman–Crippen LogP) is 3.55. The van der Waals surface area contributed by atoms with E-state index in [1.54, 1.807) is 13.0 Å². The molecule has 0 aromatic heterocycles. The Morgan fingerprint density at radius 2 is 1.91 bits per heavy atom. The summed E-state index contributed by atoms with van der Waals surface area (Å²) in [6, 6.07) is 13.2. The zero-order chi connectivity index (χ0) is 16.1. The molecule has 0 heterocycles. The quantitative estimate of drug-likeness (QED) is 0.830. The van der Waals surface area contributed by atoms with Crippen LogP contribution in [-0.4, -0.2) is 12.0 Å². The first-order chi connectivity index (χ1) is 10.5. The van der Waals surface area contributed by atoms with Crippen LogP contribution in [0.2, 0.25) is 0 Å². The highest BCUT2D eigenvalue weighted by Gasteiger charge is 2.16. The van der Waals surface area contributed by atoms with Gasteiger partial charge in [0.25, 0.3) is 5.91 Å². The van der Waals surface area contributed by atoms with Gasteiger partial charge in [-0.2, -0.15) is 0 Å². The van der Waals surface area contributed by atoms with Gasteiger partial charge in [0.1, 0.15) is 5.75 Å². The van der Waals surface area contributed by atoms with E-state index < -0.39 is 6.10 Å². The Morgan fingerprint density at radius 1 is 1.23 bits per heavy atom. The van der Waals surface area contributed by atoms with Crippen LogP contribution in [0.3, 0.4) is 0 Å². The van der Waals surface area contributed by atoms with Crippen LogP contribution in [0, 0.1) is 6.92 Å². The highest BCUT2D eigenvalue weighted by atomic mass is 16.5. The van der Waals surface area contributed by atoms with Gasteiger partial charge in [0.05, 0.1) is 0 Å². The van der Waals surface area contributed by atoms with Crippen molar-refractivity contribution in [1.29, 1.82) is 0 Å². The molecular formula is C18H22N2O2. The molecule has 0 bridgehead atoms. The maximum atomic E-state index is 12.2. The van der Waals surface area contributed by atoms with Crippen LogP contribution in [0.4, 0.5) is 11.4 Å². The van der Waals surface area contributed by atoms with Gasteiger partial charge in [-0.3, -0.25) is 4.79 Å². The number of nitrogens with two attached hydrogens (primary N) is 1. The molecular weight excluding hydrogens is 276 g/mol. The van der Waals surface area contributed by atoms with Crippen LogP contribution in [0.15, 0.2) is 42.5 Å². The molecule has 116 valence electrons. The summed E-state index contributed by atoms with van der Waals surface area (Å²) < 4.78 is 5.67. The number of nitrogens with one attached hydrogen (secondary N) is 1. The number of benzene rings is 2. The van der Waals surface area contributed by atoms with Gasteiger partial charge in [-0.25, -0.2) is 0 Å². The van der Waals surface area contributed by atoms with Crippen molar-refractivity contribution in [1.82, 2.24) is 0 Å². The number of hydrogen-bond donors (Lipinski definition) is 2. The number of carbonyl (C=O) groups excluding carboxylic acids is 1. The number of hydrogen-bond acceptors (Lipinski definition) is 3. The average Bonchev–Trinajstić information content (AvgIpc) is 2.52. The first-order valence-electron chi connectivity index (χ1n) is 7.42. The average molecular weight is 298 g/mol. The molecule has 0 fully saturated rings. The van der Waals surface area contributed by atoms with Gasteiger partial charge in [-0.05, 0) is 55.7 Å². The summed E-state index contributed by atoms with van der Waals surface area (Å²) in [5, 5.41) is 2.85. The summed E-state index contributed by atoms with van der Waals surface area (Å²) >= 11 is 0. The number of nitrogen functional groups attached to an aromatic ring is 1. The minimum Gasteiger partial charge on any atom is -0.481 e. The number of rotatable bonds is 5. The van der Waals surface area contributed by atoms with Crippen molar-refractivity contribution in [3.8, 4) is 5.75 Å². The standard InChI is InChI=1S/C18H22N2O2/c1-4-14-8-10-15(11-9-14)22-13(3)18(21)20-17-7-5-6-16(19)12(17)2/h5-11,13H,4,19H2,1-3H3,(H,20,21)/t13-/m0/s1. The molecule has 0 aliphatic heterocycles. The molecule has 2 aromatic carbocycles. The van der Waals surface area contributed by atoms with Gasteiger partial charge in [0.2, 0.25) is 0 Å². The second kappa shape index (κ2) is 6.98. The molecule has 2 rings (SSSR count). The number of amides is 1. The van der Waals surface area contributed by atoms with E-state index in [4.69, 9.17) is 10.5 Å². The van der Waals surface area contributed by atoms with Crippen LogP contribution in [0.25, 0.3) is 0 Å². The van der Waals surface area contributed by atoms with Crippen molar-refractivity contribution >= 4 is 17.3 Å². The molecule has 3 N–H and O–H groups in total. The van der Waals surface area contributed by atoms with Crippen molar-refractivity contribution in [2.24, 2.45) is 0 Å². The van der Waals surface area contributed by atoms with E-state index >= 15 is 0 Å². The third-order valence-corrected chi connectivity index (χ3v) is 3.65. The zero-order valence-electron chi connectivity index (χ0n) is 13.2. The minimum absolute atomic E-state index is 0.201. The molecule has 0 aliphatic rings. The Hall–Kier alpha value is -2.49. The number of carbonyl (C=O) groups is 1. The molecule has 4 heteroatoms. The van der Waals surface area contributed by atoms with Crippen molar-refractivity contribution in [3.63, 3.8) is 0 Å². The second-order valence-electron chi connectivity index (χ2n) is 5.27. The van der Waals surface area contributed by atoms with Gasteiger partial charge < -0.3 is 15.8 Å². The van der Waals surface area contributed by atoms with Crippen molar-refractivity contribution in [2.45, 2.75) is 33.3 Å². The van der Waals surface area contributed by atoms with Gasteiger partial charge in [-0.1, -0.05) is 25.1 Å². The molecule has 0 spiro atoms. The lowest BCUT2D eigenvalue weighted by atomic mass is 10.1. The van der Waals surface area contributed by atoms with Gasteiger partial charge in [0, 0.05) is 11.4 Å². The number of ether oxygens (including phenoxy) is 1. The first-order valence-corrected chi connectivity index (χ1v) is 7.42. The van der Waals surface area contributed by atoms with E-state index in [2.05, 4.69) is 12.2 Å².